The van der Waals surface area contributed by atoms with Gasteiger partial charge in [0.05, 0.1) is 19.8 Å². The summed E-state index contributed by atoms with van der Waals surface area (Å²) < 4.78 is 16.0. The molecule has 0 aliphatic rings. The maximum Gasteiger partial charge on any atom is 0.123 e. The number of nitrogens with one attached hydrogen (secondary N) is 1. The normalized spacial score (nSPS) is 10.6. The summed E-state index contributed by atoms with van der Waals surface area (Å²) in [5.41, 5.74) is 1.19. The van der Waals surface area contributed by atoms with Crippen LogP contribution in [0.4, 0.5) is 0 Å². The van der Waals surface area contributed by atoms with Crippen molar-refractivity contribution in [2.75, 3.05) is 40.1 Å². The average molecular weight is 267 g/mol. The van der Waals surface area contributed by atoms with Crippen molar-refractivity contribution < 1.29 is 14.2 Å². The van der Waals surface area contributed by atoms with Gasteiger partial charge in [-0.15, -0.1) is 0 Å². The zero-order chi connectivity index (χ0) is 13.8. The molecule has 0 atom stereocenters. The van der Waals surface area contributed by atoms with Crippen LogP contribution in [-0.2, 0) is 16.0 Å². The van der Waals surface area contributed by atoms with Crippen LogP contribution < -0.4 is 10.1 Å². The van der Waals surface area contributed by atoms with Crippen molar-refractivity contribution in [1.82, 2.24) is 5.32 Å². The molecule has 0 radical (unpaired) electrons. The van der Waals surface area contributed by atoms with Crippen LogP contribution in [0.2, 0.25) is 0 Å². The number of rotatable bonds is 11. The third kappa shape index (κ3) is 7.15. The van der Waals surface area contributed by atoms with E-state index in [-0.39, 0.29) is 0 Å². The van der Waals surface area contributed by atoms with Crippen molar-refractivity contribution >= 4 is 0 Å². The smallest absolute Gasteiger partial charge is 0.123 e. The number of hydrogen-bond acceptors (Lipinski definition) is 4. The van der Waals surface area contributed by atoms with Crippen LogP contribution in [0.3, 0.4) is 0 Å². The molecule has 4 nitrogen and oxygen atoms in total. The number of methoxy groups -OCH3 is 1. The molecule has 0 spiro atoms. The van der Waals surface area contributed by atoms with E-state index in [2.05, 4.69) is 18.3 Å². The highest BCUT2D eigenvalue weighted by molar-refractivity contribution is 5.33. The molecule has 0 saturated carbocycles. The summed E-state index contributed by atoms with van der Waals surface area (Å²) >= 11 is 0. The van der Waals surface area contributed by atoms with Gasteiger partial charge in [-0.25, -0.2) is 0 Å². The Morgan fingerprint density at radius 1 is 1.05 bits per heavy atom. The first-order valence-corrected chi connectivity index (χ1v) is 6.86. The summed E-state index contributed by atoms with van der Waals surface area (Å²) in [7, 11) is 1.67. The Balaban J connectivity index is 2.27. The Bertz CT molecular complexity index is 331. The molecule has 0 unspecified atom stereocenters. The van der Waals surface area contributed by atoms with E-state index >= 15 is 0 Å². The lowest BCUT2D eigenvalue weighted by atomic mass is 10.2. The van der Waals surface area contributed by atoms with Crippen LogP contribution in [0.1, 0.15) is 18.9 Å². The van der Waals surface area contributed by atoms with E-state index < -0.39 is 0 Å². The molecule has 1 aromatic carbocycles. The Morgan fingerprint density at radius 2 is 1.84 bits per heavy atom. The van der Waals surface area contributed by atoms with Crippen LogP contribution in [0.15, 0.2) is 24.3 Å². The lowest BCUT2D eigenvalue weighted by molar-refractivity contribution is 0.0542. The monoisotopic (exact) mass is 267 g/mol. The molecule has 0 aliphatic heterocycles. The van der Waals surface area contributed by atoms with Gasteiger partial charge in [-0.2, -0.15) is 0 Å². The van der Waals surface area contributed by atoms with Gasteiger partial charge >= 0.3 is 0 Å². The van der Waals surface area contributed by atoms with Crippen LogP contribution in [0.5, 0.6) is 5.75 Å². The van der Waals surface area contributed by atoms with Gasteiger partial charge < -0.3 is 19.5 Å². The first kappa shape index (κ1) is 16.0. The molecule has 1 aromatic rings. The second-order valence-electron chi connectivity index (χ2n) is 4.24. The van der Waals surface area contributed by atoms with Crippen molar-refractivity contribution in [1.29, 1.82) is 0 Å². The van der Waals surface area contributed by atoms with Crippen LogP contribution in [0.25, 0.3) is 0 Å². The Kier molecular flexibility index (Phi) is 9.06. The van der Waals surface area contributed by atoms with Crippen LogP contribution >= 0.6 is 0 Å². The summed E-state index contributed by atoms with van der Waals surface area (Å²) in [5, 5.41) is 3.38. The van der Waals surface area contributed by atoms with Crippen molar-refractivity contribution in [3.05, 3.63) is 29.8 Å². The zero-order valence-electron chi connectivity index (χ0n) is 12.0. The van der Waals surface area contributed by atoms with E-state index in [4.69, 9.17) is 14.2 Å². The molecule has 0 amide bonds. The highest BCUT2D eigenvalue weighted by Gasteiger charge is 2.02. The quantitative estimate of drug-likeness (QED) is 0.624. The molecule has 108 valence electrons. The number of hydrogen-bond donors (Lipinski definition) is 1. The maximum atomic E-state index is 5.74. The first-order chi connectivity index (χ1) is 9.38. The predicted molar refractivity (Wildman–Crippen MR) is 76.6 cm³/mol. The number of para-hydroxylation sites is 1. The standard InChI is InChI=1S/C15H25NO3/c1-3-8-16-13-14-6-4-5-7-15(14)19-12-11-18-10-9-17-2/h4-7,16H,3,8-13H2,1-2H3. The van der Waals surface area contributed by atoms with Gasteiger partial charge in [0.2, 0.25) is 0 Å². The SMILES string of the molecule is CCCNCc1ccccc1OCCOCCOC. The Morgan fingerprint density at radius 3 is 2.63 bits per heavy atom. The molecule has 1 rings (SSSR count). The molecule has 0 saturated heterocycles. The number of ether oxygens (including phenoxy) is 3. The lowest BCUT2D eigenvalue weighted by Gasteiger charge is -2.12. The Hall–Kier alpha value is -1.10. The molecule has 0 fully saturated rings. The second-order valence-corrected chi connectivity index (χ2v) is 4.24. The fourth-order valence-corrected chi connectivity index (χ4v) is 1.65. The molecular formula is C15H25NO3. The summed E-state index contributed by atoms with van der Waals surface area (Å²) in [4.78, 5) is 0. The zero-order valence-corrected chi connectivity index (χ0v) is 12.0. The second kappa shape index (κ2) is 10.8. The molecule has 0 bridgehead atoms. The molecule has 0 aromatic heterocycles. The lowest BCUT2D eigenvalue weighted by Crippen LogP contribution is -2.15. The van der Waals surface area contributed by atoms with E-state index in [1.54, 1.807) is 7.11 Å². The van der Waals surface area contributed by atoms with Gasteiger partial charge in [0.1, 0.15) is 12.4 Å². The fourth-order valence-electron chi connectivity index (χ4n) is 1.65. The minimum atomic E-state index is 0.564. The molecular weight excluding hydrogens is 242 g/mol. The minimum Gasteiger partial charge on any atom is -0.491 e. The van der Waals surface area contributed by atoms with Gasteiger partial charge in [-0.3, -0.25) is 0 Å². The molecule has 1 N–H and O–H groups in total. The van der Waals surface area contributed by atoms with E-state index in [0.717, 1.165) is 25.3 Å². The van der Waals surface area contributed by atoms with Crippen LogP contribution in [0, 0.1) is 0 Å². The highest BCUT2D eigenvalue weighted by Crippen LogP contribution is 2.17. The van der Waals surface area contributed by atoms with Crippen molar-refractivity contribution in [2.45, 2.75) is 19.9 Å². The third-order valence-corrected chi connectivity index (χ3v) is 2.63. The molecule has 0 heterocycles. The maximum absolute atomic E-state index is 5.74. The molecule has 4 heteroatoms. The van der Waals surface area contributed by atoms with Crippen molar-refractivity contribution in [3.8, 4) is 5.75 Å². The van der Waals surface area contributed by atoms with Gasteiger partial charge in [0.25, 0.3) is 0 Å². The van der Waals surface area contributed by atoms with E-state index in [1.807, 2.05) is 18.2 Å². The summed E-state index contributed by atoms with van der Waals surface area (Å²) in [6.45, 7) is 6.40. The van der Waals surface area contributed by atoms with Crippen LogP contribution in [-0.4, -0.2) is 40.1 Å². The topological polar surface area (TPSA) is 39.7 Å². The third-order valence-electron chi connectivity index (χ3n) is 2.63. The van der Waals surface area contributed by atoms with E-state index in [1.165, 1.54) is 5.56 Å². The van der Waals surface area contributed by atoms with Gasteiger partial charge in [0.15, 0.2) is 0 Å². The van der Waals surface area contributed by atoms with Gasteiger partial charge in [0, 0.05) is 19.2 Å². The van der Waals surface area contributed by atoms with Crippen molar-refractivity contribution in [3.63, 3.8) is 0 Å². The largest absolute Gasteiger partial charge is 0.491 e. The average Bonchev–Trinajstić information content (AvgIpc) is 2.44. The molecule has 19 heavy (non-hydrogen) atoms. The Labute approximate surface area is 116 Å². The predicted octanol–water partition coefficient (Wildman–Crippen LogP) is 2.23. The summed E-state index contributed by atoms with van der Waals surface area (Å²) in [6.07, 6.45) is 1.14. The van der Waals surface area contributed by atoms with Crippen molar-refractivity contribution in [2.24, 2.45) is 0 Å². The first-order valence-electron chi connectivity index (χ1n) is 6.86. The summed E-state index contributed by atoms with van der Waals surface area (Å²) in [6, 6.07) is 8.11. The van der Waals surface area contributed by atoms with E-state index in [0.29, 0.717) is 26.4 Å². The fraction of sp³-hybridized carbons (Fsp3) is 0.600. The minimum absolute atomic E-state index is 0.564. The number of benzene rings is 1. The summed E-state index contributed by atoms with van der Waals surface area (Å²) in [5.74, 6) is 0.932. The van der Waals surface area contributed by atoms with E-state index in [9.17, 15) is 0 Å². The van der Waals surface area contributed by atoms with Gasteiger partial charge in [-0.05, 0) is 19.0 Å². The highest BCUT2D eigenvalue weighted by atomic mass is 16.5. The van der Waals surface area contributed by atoms with Gasteiger partial charge in [-0.1, -0.05) is 25.1 Å². The molecule has 0 aliphatic carbocycles.